The van der Waals surface area contributed by atoms with Gasteiger partial charge in [-0.1, -0.05) is 26.0 Å². The number of nitrogens with zero attached hydrogens (tertiary/aromatic N) is 5. The lowest BCUT2D eigenvalue weighted by Crippen LogP contribution is -2.22. The Morgan fingerprint density at radius 2 is 2.17 bits per heavy atom. The molecule has 0 aliphatic rings. The van der Waals surface area contributed by atoms with Gasteiger partial charge in [-0.05, 0) is 23.6 Å². The second kappa shape index (κ2) is 7.28. The first-order valence-corrected chi connectivity index (χ1v) is 9.21. The summed E-state index contributed by atoms with van der Waals surface area (Å²) in [5.41, 5.74) is 3.35. The first-order valence-electron chi connectivity index (χ1n) is 9.21. The Balaban J connectivity index is 1.79. The molecule has 0 aliphatic carbocycles. The van der Waals surface area contributed by atoms with Crippen LogP contribution in [0.5, 0.6) is 5.75 Å². The van der Waals surface area contributed by atoms with Crippen molar-refractivity contribution in [1.82, 2.24) is 24.4 Å². The van der Waals surface area contributed by atoms with E-state index in [-0.39, 0.29) is 11.5 Å². The molecule has 146 valence electrons. The Hall–Kier alpha value is -3.86. The Morgan fingerprint density at radius 3 is 2.90 bits per heavy atom. The summed E-state index contributed by atoms with van der Waals surface area (Å²) in [5, 5.41) is 16.6. The van der Waals surface area contributed by atoms with Crippen LogP contribution in [0.25, 0.3) is 16.9 Å². The van der Waals surface area contributed by atoms with Crippen LogP contribution in [0, 0.1) is 11.3 Å². The van der Waals surface area contributed by atoms with Crippen LogP contribution in [0.2, 0.25) is 0 Å². The van der Waals surface area contributed by atoms with Crippen LogP contribution in [-0.2, 0) is 6.54 Å². The normalized spacial score (nSPS) is 11.1. The van der Waals surface area contributed by atoms with E-state index >= 15 is 0 Å². The minimum Gasteiger partial charge on any atom is -0.497 e. The van der Waals surface area contributed by atoms with Gasteiger partial charge in [0.05, 0.1) is 25.5 Å². The molecule has 0 bridgehead atoms. The Morgan fingerprint density at radius 1 is 1.34 bits per heavy atom. The minimum absolute atomic E-state index is 0.0440. The number of H-pyrrole nitrogens is 1. The monoisotopic (exact) mass is 388 g/mol. The van der Waals surface area contributed by atoms with Gasteiger partial charge in [0.1, 0.15) is 17.4 Å². The Kier molecular flexibility index (Phi) is 4.64. The van der Waals surface area contributed by atoms with Crippen molar-refractivity contribution < 1.29 is 4.74 Å². The molecule has 29 heavy (non-hydrogen) atoms. The predicted octanol–water partition coefficient (Wildman–Crippen LogP) is 2.94. The zero-order chi connectivity index (χ0) is 20.5. The van der Waals surface area contributed by atoms with Gasteiger partial charge >= 0.3 is 0 Å². The molecule has 0 aliphatic heterocycles. The molecule has 0 saturated heterocycles. The smallest absolute Gasteiger partial charge is 0.276 e. The van der Waals surface area contributed by atoms with Gasteiger partial charge in [-0.25, -0.2) is 9.50 Å². The molecule has 0 unspecified atom stereocenters. The first kappa shape index (κ1) is 18.5. The van der Waals surface area contributed by atoms with E-state index in [1.54, 1.807) is 18.0 Å². The SMILES string of the molecule is COc1cccc(Cn2cc(-c3nc4c(C#N)c[nH]n4c(=O)c3C(C)C)cn2)c1. The summed E-state index contributed by atoms with van der Waals surface area (Å²) in [6, 6.07) is 9.84. The summed E-state index contributed by atoms with van der Waals surface area (Å²) in [6.45, 7) is 4.45. The van der Waals surface area contributed by atoms with E-state index in [4.69, 9.17) is 4.74 Å². The maximum atomic E-state index is 13.0. The van der Waals surface area contributed by atoms with Gasteiger partial charge in [0.15, 0.2) is 5.65 Å². The summed E-state index contributed by atoms with van der Waals surface area (Å²) in [4.78, 5) is 17.6. The van der Waals surface area contributed by atoms with E-state index < -0.39 is 0 Å². The predicted molar refractivity (Wildman–Crippen MR) is 108 cm³/mol. The average molecular weight is 388 g/mol. The number of aromatic nitrogens is 5. The van der Waals surface area contributed by atoms with Crippen molar-refractivity contribution in [2.45, 2.75) is 26.3 Å². The maximum Gasteiger partial charge on any atom is 0.276 e. The van der Waals surface area contributed by atoms with Gasteiger partial charge < -0.3 is 4.74 Å². The molecular weight excluding hydrogens is 368 g/mol. The van der Waals surface area contributed by atoms with Crippen molar-refractivity contribution in [2.24, 2.45) is 0 Å². The van der Waals surface area contributed by atoms with Crippen LogP contribution in [0.15, 0.2) is 47.7 Å². The fraction of sp³-hybridized carbons (Fsp3) is 0.238. The van der Waals surface area contributed by atoms with Crippen LogP contribution in [0.1, 0.15) is 36.5 Å². The average Bonchev–Trinajstić information content (AvgIpc) is 3.34. The van der Waals surface area contributed by atoms with Gasteiger partial charge in [-0.2, -0.15) is 10.4 Å². The Labute approximate surface area is 167 Å². The molecular formula is C21H20N6O2. The van der Waals surface area contributed by atoms with E-state index in [1.807, 2.05) is 44.3 Å². The fourth-order valence-electron chi connectivity index (χ4n) is 3.38. The van der Waals surface area contributed by atoms with Crippen molar-refractivity contribution >= 4 is 5.65 Å². The molecule has 0 spiro atoms. The lowest BCUT2D eigenvalue weighted by atomic mass is 10.00. The molecule has 0 amide bonds. The van der Waals surface area contributed by atoms with Gasteiger partial charge in [0.2, 0.25) is 0 Å². The highest BCUT2D eigenvalue weighted by molar-refractivity contribution is 5.67. The molecule has 0 radical (unpaired) electrons. The summed E-state index contributed by atoms with van der Waals surface area (Å²) >= 11 is 0. The van der Waals surface area contributed by atoms with Crippen molar-refractivity contribution in [3.8, 4) is 23.1 Å². The molecule has 8 heteroatoms. The number of hydrogen-bond donors (Lipinski definition) is 1. The number of fused-ring (bicyclic) bond motifs is 1. The lowest BCUT2D eigenvalue weighted by Gasteiger charge is -2.10. The van der Waals surface area contributed by atoms with Gasteiger partial charge in [0.25, 0.3) is 5.56 Å². The molecule has 3 heterocycles. The number of aromatic amines is 1. The van der Waals surface area contributed by atoms with Gasteiger partial charge in [-0.15, -0.1) is 0 Å². The highest BCUT2D eigenvalue weighted by Gasteiger charge is 2.20. The van der Waals surface area contributed by atoms with Crippen LogP contribution in [0.4, 0.5) is 0 Å². The third-order valence-electron chi connectivity index (χ3n) is 4.78. The molecule has 8 nitrogen and oxygen atoms in total. The van der Waals surface area contributed by atoms with Crippen LogP contribution in [-0.4, -0.2) is 31.5 Å². The number of nitriles is 1. The number of benzene rings is 1. The first-order chi connectivity index (χ1) is 14.0. The molecule has 0 fully saturated rings. The molecule has 1 N–H and O–H groups in total. The topological polar surface area (TPSA) is 101 Å². The van der Waals surface area contributed by atoms with Crippen molar-refractivity contribution in [2.75, 3.05) is 7.11 Å². The van der Waals surface area contributed by atoms with E-state index in [0.29, 0.717) is 29.0 Å². The number of ether oxygens (including phenoxy) is 1. The van der Waals surface area contributed by atoms with E-state index in [1.165, 1.54) is 10.7 Å². The molecule has 1 aromatic carbocycles. The highest BCUT2D eigenvalue weighted by atomic mass is 16.5. The quantitative estimate of drug-likeness (QED) is 0.566. The summed E-state index contributed by atoms with van der Waals surface area (Å²) in [5.74, 6) is 0.742. The lowest BCUT2D eigenvalue weighted by molar-refractivity contribution is 0.414. The second-order valence-corrected chi connectivity index (χ2v) is 7.07. The number of nitrogens with one attached hydrogen (secondary N) is 1. The molecule has 0 atom stereocenters. The fourth-order valence-corrected chi connectivity index (χ4v) is 3.38. The summed E-state index contributed by atoms with van der Waals surface area (Å²) < 4.78 is 8.38. The van der Waals surface area contributed by atoms with Crippen LogP contribution in [0.3, 0.4) is 0 Å². The van der Waals surface area contributed by atoms with Gasteiger partial charge in [0, 0.05) is 23.5 Å². The maximum absolute atomic E-state index is 13.0. The van der Waals surface area contributed by atoms with Crippen LogP contribution >= 0.6 is 0 Å². The van der Waals surface area contributed by atoms with E-state index in [2.05, 4.69) is 21.3 Å². The highest BCUT2D eigenvalue weighted by Crippen LogP contribution is 2.26. The third-order valence-corrected chi connectivity index (χ3v) is 4.78. The Bertz CT molecular complexity index is 1290. The van der Waals surface area contributed by atoms with Crippen LogP contribution < -0.4 is 10.3 Å². The van der Waals surface area contributed by atoms with Gasteiger partial charge in [-0.3, -0.25) is 14.6 Å². The second-order valence-electron chi connectivity index (χ2n) is 7.07. The zero-order valence-corrected chi connectivity index (χ0v) is 16.4. The molecule has 4 aromatic rings. The number of methoxy groups -OCH3 is 1. The van der Waals surface area contributed by atoms with E-state index in [9.17, 15) is 10.1 Å². The molecule has 4 rings (SSSR count). The molecule has 3 aromatic heterocycles. The van der Waals surface area contributed by atoms with Crippen molar-refractivity contribution in [3.05, 3.63) is 69.9 Å². The minimum atomic E-state index is -0.206. The number of rotatable bonds is 5. The van der Waals surface area contributed by atoms with Crippen molar-refractivity contribution in [3.63, 3.8) is 0 Å². The van der Waals surface area contributed by atoms with Crippen molar-refractivity contribution in [1.29, 1.82) is 5.26 Å². The largest absolute Gasteiger partial charge is 0.497 e. The third kappa shape index (κ3) is 3.27. The zero-order valence-electron chi connectivity index (χ0n) is 16.4. The summed E-state index contributed by atoms with van der Waals surface area (Å²) in [6.07, 6.45) is 5.05. The molecule has 0 saturated carbocycles. The number of hydrogen-bond acceptors (Lipinski definition) is 5. The standard InChI is InChI=1S/C21H20N6O2/c1-13(2)18-19(25-20-15(8-22)9-24-27(20)21(18)28)16-10-23-26(12-16)11-14-5-4-6-17(7-14)29-3/h4-7,9-10,12-13,24H,11H2,1-3H3. The van der Waals surface area contributed by atoms with E-state index in [0.717, 1.165) is 16.9 Å². The summed E-state index contributed by atoms with van der Waals surface area (Å²) in [7, 11) is 1.63.